The lowest BCUT2D eigenvalue weighted by Crippen LogP contribution is -2.37. The fourth-order valence-corrected chi connectivity index (χ4v) is 5.23. The minimum atomic E-state index is -5.73. The maximum absolute atomic E-state index is 11.7. The van der Waals surface area contributed by atoms with Crippen molar-refractivity contribution in [3.05, 3.63) is 33.1 Å². The molecular weight excluding hydrogens is 469 g/mol. The van der Waals surface area contributed by atoms with E-state index in [1.807, 2.05) is 4.98 Å². The molecule has 1 aromatic heterocycles. The van der Waals surface area contributed by atoms with Gasteiger partial charge in [0.2, 0.25) is 0 Å². The predicted molar refractivity (Wildman–Crippen MR) is 87.1 cm³/mol. The highest BCUT2D eigenvalue weighted by atomic mass is 31.3. The van der Waals surface area contributed by atoms with Gasteiger partial charge in [-0.3, -0.25) is 18.9 Å². The molecular formula is C9H15N2O15P3. The van der Waals surface area contributed by atoms with Crippen molar-refractivity contribution in [2.75, 3.05) is 6.61 Å². The second-order valence-corrected chi connectivity index (χ2v) is 9.87. The first-order valence-corrected chi connectivity index (χ1v) is 11.7. The SMILES string of the molecule is O=c1ccn([C@H]2O[C@@H](COP(=O)(O)OP(=O)(O)OP(=O)(O)O)[C@H](O)[C@H]2O)c(=O)[nH]1. The monoisotopic (exact) mass is 484 g/mol. The molecule has 0 aliphatic carbocycles. The normalized spacial score (nSPS) is 29.3. The van der Waals surface area contributed by atoms with Crippen molar-refractivity contribution in [2.24, 2.45) is 0 Å². The third-order valence-corrected chi connectivity index (χ3v) is 7.08. The predicted octanol–water partition coefficient (Wildman–Crippen LogP) is -2.50. The summed E-state index contributed by atoms with van der Waals surface area (Å²) in [6, 6.07) is 0.920. The van der Waals surface area contributed by atoms with Crippen LogP contribution in [0.15, 0.2) is 21.9 Å². The summed E-state index contributed by atoms with van der Waals surface area (Å²) in [6.07, 6.45) is -5.70. The second-order valence-electron chi connectivity index (χ2n) is 5.45. The summed E-state index contributed by atoms with van der Waals surface area (Å²) in [7, 11) is -16.8. The third-order valence-electron chi connectivity index (χ3n) is 3.28. The Kier molecular flexibility index (Phi) is 7.20. The topological polar surface area (TPSA) is 264 Å². The Hall–Kier alpha value is -1.03. The maximum Gasteiger partial charge on any atom is 0.490 e. The Morgan fingerprint density at radius 3 is 2.21 bits per heavy atom. The molecule has 2 heterocycles. The molecule has 2 unspecified atom stereocenters. The van der Waals surface area contributed by atoms with Gasteiger partial charge in [0.05, 0.1) is 6.61 Å². The van der Waals surface area contributed by atoms with E-state index >= 15 is 0 Å². The number of phosphoric acid groups is 3. The van der Waals surface area contributed by atoms with Crippen LogP contribution in [-0.4, -0.2) is 64.3 Å². The molecule has 20 heteroatoms. The molecule has 1 aliphatic heterocycles. The van der Waals surface area contributed by atoms with E-state index in [1.54, 1.807) is 0 Å². The van der Waals surface area contributed by atoms with E-state index in [2.05, 4.69) is 13.1 Å². The largest absolute Gasteiger partial charge is 0.490 e. The number of aromatic nitrogens is 2. The summed E-state index contributed by atoms with van der Waals surface area (Å²) in [4.78, 5) is 59.9. The van der Waals surface area contributed by atoms with Crippen molar-refractivity contribution in [1.29, 1.82) is 0 Å². The Balaban J connectivity index is 2.06. The summed E-state index contributed by atoms with van der Waals surface area (Å²) in [5.41, 5.74) is -1.74. The summed E-state index contributed by atoms with van der Waals surface area (Å²) in [5, 5.41) is 19.9. The number of rotatable bonds is 8. The molecule has 1 aliphatic rings. The molecule has 0 bridgehead atoms. The molecule has 0 spiro atoms. The van der Waals surface area contributed by atoms with E-state index in [0.29, 0.717) is 4.57 Å². The van der Waals surface area contributed by atoms with Crippen LogP contribution in [0.1, 0.15) is 6.23 Å². The molecule has 1 aromatic rings. The molecule has 0 saturated carbocycles. The third kappa shape index (κ3) is 6.73. The van der Waals surface area contributed by atoms with Crippen LogP contribution < -0.4 is 11.2 Å². The van der Waals surface area contributed by atoms with Crippen LogP contribution in [0.25, 0.3) is 0 Å². The van der Waals surface area contributed by atoms with Crippen LogP contribution in [0.5, 0.6) is 0 Å². The fourth-order valence-electron chi connectivity index (χ4n) is 2.20. The Bertz CT molecular complexity index is 997. The number of aliphatic hydroxyl groups excluding tert-OH is 2. The van der Waals surface area contributed by atoms with Crippen LogP contribution in [0.3, 0.4) is 0 Å². The smallest absolute Gasteiger partial charge is 0.387 e. The van der Waals surface area contributed by atoms with Crippen molar-refractivity contribution in [3.8, 4) is 0 Å². The van der Waals surface area contributed by atoms with Gasteiger partial charge in [-0.2, -0.15) is 8.62 Å². The molecule has 29 heavy (non-hydrogen) atoms. The zero-order valence-corrected chi connectivity index (χ0v) is 16.5. The molecule has 7 N–H and O–H groups in total. The summed E-state index contributed by atoms with van der Waals surface area (Å²) < 4.78 is 50.6. The van der Waals surface area contributed by atoms with E-state index in [1.165, 1.54) is 0 Å². The highest BCUT2D eigenvalue weighted by Crippen LogP contribution is 2.66. The van der Waals surface area contributed by atoms with Gasteiger partial charge < -0.3 is 34.5 Å². The maximum atomic E-state index is 11.7. The highest BCUT2D eigenvalue weighted by molar-refractivity contribution is 7.66. The van der Waals surface area contributed by atoms with Gasteiger partial charge in [-0.25, -0.2) is 18.5 Å². The molecule has 6 atom stereocenters. The lowest BCUT2D eigenvalue weighted by Gasteiger charge is -2.19. The van der Waals surface area contributed by atoms with Crippen molar-refractivity contribution in [2.45, 2.75) is 24.5 Å². The number of nitrogens with zero attached hydrogens (tertiary/aromatic N) is 1. The molecule has 1 saturated heterocycles. The summed E-state index contributed by atoms with van der Waals surface area (Å²) in [6.45, 7) is -1.05. The average molecular weight is 484 g/mol. The quantitative estimate of drug-likeness (QED) is 0.188. The Morgan fingerprint density at radius 2 is 1.66 bits per heavy atom. The number of phosphoric ester groups is 1. The number of aliphatic hydroxyl groups is 2. The first-order valence-electron chi connectivity index (χ1n) is 7.22. The zero-order valence-electron chi connectivity index (χ0n) is 13.8. The molecule has 0 aromatic carbocycles. The lowest BCUT2D eigenvalue weighted by atomic mass is 10.1. The van der Waals surface area contributed by atoms with Gasteiger partial charge in [-0.1, -0.05) is 0 Å². The van der Waals surface area contributed by atoms with Crippen molar-refractivity contribution >= 4 is 23.5 Å². The Labute approximate surface area is 159 Å². The number of nitrogens with one attached hydrogen (secondary N) is 1. The van der Waals surface area contributed by atoms with E-state index < -0.39 is 65.9 Å². The van der Waals surface area contributed by atoms with Gasteiger partial charge >= 0.3 is 29.2 Å². The first kappa shape index (κ1) is 24.2. The fraction of sp³-hybridized carbons (Fsp3) is 0.556. The van der Waals surface area contributed by atoms with Gasteiger partial charge in [0.25, 0.3) is 5.56 Å². The van der Waals surface area contributed by atoms with E-state index in [0.717, 1.165) is 12.3 Å². The molecule has 1 fully saturated rings. The number of ether oxygens (including phenoxy) is 1. The highest BCUT2D eigenvalue weighted by Gasteiger charge is 2.46. The second kappa shape index (κ2) is 8.61. The van der Waals surface area contributed by atoms with Gasteiger partial charge in [0, 0.05) is 12.3 Å². The zero-order chi connectivity index (χ0) is 22.2. The first-order chi connectivity index (χ1) is 13.1. The van der Waals surface area contributed by atoms with E-state index in [-0.39, 0.29) is 0 Å². The standard InChI is InChI=1S/C9H15N2O15P3/c12-5-1-2-11(9(15)10-5)8-7(14)6(13)4(24-8)3-23-28(19,20)26-29(21,22)25-27(16,17)18/h1-2,4,6-8,13-14H,3H2,(H,19,20)(H,21,22)(H,10,12,15)(H2,16,17,18)/t4-,6-,7+,8-/m0/s1. The number of aromatic amines is 1. The van der Waals surface area contributed by atoms with Gasteiger partial charge in [0.1, 0.15) is 18.3 Å². The van der Waals surface area contributed by atoms with Gasteiger partial charge in [-0.05, 0) is 0 Å². The molecule has 0 radical (unpaired) electrons. The minimum absolute atomic E-state index is 0.708. The van der Waals surface area contributed by atoms with Gasteiger partial charge in [-0.15, -0.1) is 0 Å². The molecule has 0 amide bonds. The van der Waals surface area contributed by atoms with Crippen LogP contribution >= 0.6 is 23.5 Å². The number of hydrogen-bond donors (Lipinski definition) is 7. The van der Waals surface area contributed by atoms with Crippen LogP contribution in [0, 0.1) is 0 Å². The van der Waals surface area contributed by atoms with Crippen molar-refractivity contribution in [3.63, 3.8) is 0 Å². The summed E-state index contributed by atoms with van der Waals surface area (Å²) >= 11 is 0. The average Bonchev–Trinajstić information content (AvgIpc) is 2.78. The summed E-state index contributed by atoms with van der Waals surface area (Å²) in [5.74, 6) is 0. The molecule has 166 valence electrons. The number of H-pyrrole nitrogens is 1. The molecule has 17 nitrogen and oxygen atoms in total. The van der Waals surface area contributed by atoms with Crippen LogP contribution in [-0.2, 0) is 31.6 Å². The van der Waals surface area contributed by atoms with Crippen LogP contribution in [0.2, 0.25) is 0 Å². The molecule has 2 rings (SSSR count). The van der Waals surface area contributed by atoms with Crippen LogP contribution in [0.4, 0.5) is 0 Å². The van der Waals surface area contributed by atoms with Gasteiger partial charge in [0.15, 0.2) is 6.23 Å². The number of hydrogen-bond acceptors (Lipinski definition) is 11. The van der Waals surface area contributed by atoms with Crippen molar-refractivity contribution in [1.82, 2.24) is 9.55 Å². The van der Waals surface area contributed by atoms with E-state index in [9.17, 15) is 38.4 Å². The minimum Gasteiger partial charge on any atom is -0.387 e. The van der Waals surface area contributed by atoms with Crippen molar-refractivity contribution < 1.29 is 61.4 Å². The lowest BCUT2D eigenvalue weighted by molar-refractivity contribution is -0.0542. The van der Waals surface area contributed by atoms with E-state index in [4.69, 9.17) is 19.4 Å². The Morgan fingerprint density at radius 1 is 1.03 bits per heavy atom.